The van der Waals surface area contributed by atoms with Crippen LogP contribution >= 0.6 is 0 Å². The molecule has 0 radical (unpaired) electrons. The van der Waals surface area contributed by atoms with Gasteiger partial charge in [0.1, 0.15) is 11.5 Å². The van der Waals surface area contributed by atoms with Crippen molar-refractivity contribution >= 4 is 21.6 Å². The summed E-state index contributed by atoms with van der Waals surface area (Å²) in [7, 11) is -2.68. The van der Waals surface area contributed by atoms with Crippen molar-refractivity contribution in [3.63, 3.8) is 0 Å². The lowest BCUT2D eigenvalue weighted by atomic mass is 10.2. The van der Waals surface area contributed by atoms with Gasteiger partial charge in [-0.25, -0.2) is 8.42 Å². The number of carbonyl (C=O) groups is 1. The number of anilines is 1. The Morgan fingerprint density at radius 1 is 0.933 bits per heavy atom. The molecule has 0 saturated heterocycles. The highest BCUT2D eigenvalue weighted by atomic mass is 32.2. The molecule has 3 rings (SSSR count). The third-order valence-corrected chi connectivity index (χ3v) is 6.17. The van der Waals surface area contributed by atoms with E-state index in [-0.39, 0.29) is 16.1 Å². The number of ether oxygens (including phenoxy) is 2. The summed E-state index contributed by atoms with van der Waals surface area (Å²) < 4.78 is 38.4. The molecule has 3 aromatic rings. The Bertz CT molecular complexity index is 1120. The molecule has 0 unspecified atom stereocenters. The third-order valence-electron chi connectivity index (χ3n) is 4.44. The molecule has 0 aromatic heterocycles. The van der Waals surface area contributed by atoms with Crippen molar-refractivity contribution in [2.24, 2.45) is 0 Å². The fourth-order valence-electron chi connectivity index (χ4n) is 2.90. The zero-order valence-corrected chi connectivity index (χ0v) is 17.8. The lowest BCUT2D eigenvalue weighted by Gasteiger charge is -2.23. The Morgan fingerprint density at radius 3 is 2.20 bits per heavy atom. The molecule has 3 aromatic carbocycles. The highest BCUT2D eigenvalue weighted by Gasteiger charge is 2.32. The van der Waals surface area contributed by atoms with Crippen molar-refractivity contribution in [2.75, 3.05) is 18.0 Å². The number of carbonyl (C=O) groups excluding carboxylic acids is 1. The van der Waals surface area contributed by atoms with Crippen LogP contribution in [0.1, 0.15) is 22.8 Å². The molecular weight excluding hydrogens is 402 g/mol. The average molecular weight is 426 g/mol. The molecule has 6 nitrogen and oxygen atoms in total. The highest BCUT2D eigenvalue weighted by molar-refractivity contribution is 7.93. The van der Waals surface area contributed by atoms with Gasteiger partial charge in [0, 0.05) is 5.56 Å². The summed E-state index contributed by atoms with van der Waals surface area (Å²) in [5, 5.41) is 0. The predicted octanol–water partition coefficient (Wildman–Crippen LogP) is 4.44. The van der Waals surface area contributed by atoms with Gasteiger partial charge in [-0.1, -0.05) is 23.8 Å². The second kappa shape index (κ2) is 9.00. The Labute approximate surface area is 176 Å². The number of sulfonamides is 1. The Hall–Kier alpha value is -3.32. The predicted molar refractivity (Wildman–Crippen MR) is 116 cm³/mol. The van der Waals surface area contributed by atoms with E-state index in [1.165, 1.54) is 25.3 Å². The smallest absolute Gasteiger partial charge is 0.272 e. The van der Waals surface area contributed by atoms with Crippen molar-refractivity contribution in [2.45, 2.75) is 18.7 Å². The molecule has 0 aliphatic heterocycles. The Balaban J connectivity index is 2.12. The van der Waals surface area contributed by atoms with Crippen molar-refractivity contribution in [1.29, 1.82) is 0 Å². The minimum atomic E-state index is -4.16. The summed E-state index contributed by atoms with van der Waals surface area (Å²) in [4.78, 5) is 13.4. The van der Waals surface area contributed by atoms with Gasteiger partial charge in [0.2, 0.25) is 0 Å². The average Bonchev–Trinajstić information content (AvgIpc) is 2.75. The number of amides is 1. The van der Waals surface area contributed by atoms with E-state index in [0.29, 0.717) is 18.1 Å². The van der Waals surface area contributed by atoms with Crippen molar-refractivity contribution in [1.82, 2.24) is 0 Å². The van der Waals surface area contributed by atoms with E-state index in [0.717, 1.165) is 9.87 Å². The van der Waals surface area contributed by atoms with Gasteiger partial charge in [0.15, 0.2) is 0 Å². The first-order valence-corrected chi connectivity index (χ1v) is 10.8. The van der Waals surface area contributed by atoms with Crippen molar-refractivity contribution in [3.05, 3.63) is 83.9 Å². The van der Waals surface area contributed by atoms with E-state index in [4.69, 9.17) is 9.47 Å². The monoisotopic (exact) mass is 425 g/mol. The maximum Gasteiger partial charge on any atom is 0.272 e. The number of methoxy groups -OCH3 is 1. The molecule has 0 bridgehead atoms. The topological polar surface area (TPSA) is 72.9 Å². The normalized spacial score (nSPS) is 11.0. The summed E-state index contributed by atoms with van der Waals surface area (Å²) in [6.07, 6.45) is 0. The number of hydrogen-bond donors (Lipinski definition) is 0. The molecule has 0 fully saturated rings. The molecule has 0 heterocycles. The van der Waals surface area contributed by atoms with Crippen LogP contribution in [-0.4, -0.2) is 28.0 Å². The molecule has 0 N–H and O–H groups in total. The first-order valence-electron chi connectivity index (χ1n) is 9.40. The van der Waals surface area contributed by atoms with Gasteiger partial charge < -0.3 is 9.47 Å². The standard InChI is InChI=1S/C23H23NO5S/c1-4-29-20-12-10-19(11-13-20)24(23(25)18-6-5-7-21(16-18)28-3)30(26,27)22-14-8-17(2)9-15-22/h5-16H,4H2,1-3H3. The van der Waals surface area contributed by atoms with E-state index in [1.54, 1.807) is 54.6 Å². The largest absolute Gasteiger partial charge is 0.497 e. The molecule has 7 heteroatoms. The van der Waals surface area contributed by atoms with E-state index >= 15 is 0 Å². The SMILES string of the molecule is CCOc1ccc(N(C(=O)c2cccc(OC)c2)S(=O)(=O)c2ccc(C)cc2)cc1. The van der Waals surface area contributed by atoms with Crippen LogP contribution in [0.5, 0.6) is 11.5 Å². The number of nitrogens with zero attached hydrogens (tertiary/aromatic N) is 1. The van der Waals surface area contributed by atoms with Crippen LogP contribution in [0.3, 0.4) is 0 Å². The highest BCUT2D eigenvalue weighted by Crippen LogP contribution is 2.29. The number of hydrogen-bond acceptors (Lipinski definition) is 5. The first kappa shape index (κ1) is 21.4. The van der Waals surface area contributed by atoms with Gasteiger partial charge in [0.25, 0.3) is 15.9 Å². The summed E-state index contributed by atoms with van der Waals surface area (Å²) in [5.41, 5.74) is 1.33. The van der Waals surface area contributed by atoms with E-state index in [1.807, 2.05) is 13.8 Å². The molecule has 0 spiro atoms. The molecule has 1 amide bonds. The molecule has 0 saturated carbocycles. The van der Waals surface area contributed by atoms with Crippen molar-refractivity contribution in [3.8, 4) is 11.5 Å². The minimum Gasteiger partial charge on any atom is -0.497 e. The van der Waals surface area contributed by atoms with E-state index in [9.17, 15) is 13.2 Å². The van der Waals surface area contributed by atoms with Gasteiger partial charge in [-0.15, -0.1) is 0 Å². The maximum absolute atomic E-state index is 13.5. The summed E-state index contributed by atoms with van der Waals surface area (Å²) in [6, 6.07) is 19.1. The van der Waals surface area contributed by atoms with Crippen molar-refractivity contribution < 1.29 is 22.7 Å². The summed E-state index contributed by atoms with van der Waals surface area (Å²) >= 11 is 0. The zero-order valence-electron chi connectivity index (χ0n) is 17.0. The quantitative estimate of drug-likeness (QED) is 0.560. The Morgan fingerprint density at radius 2 is 1.60 bits per heavy atom. The molecule has 0 atom stereocenters. The van der Waals surface area contributed by atoms with Crippen LogP contribution < -0.4 is 13.8 Å². The van der Waals surface area contributed by atoms with Gasteiger partial charge >= 0.3 is 0 Å². The molecule has 30 heavy (non-hydrogen) atoms. The Kier molecular flexibility index (Phi) is 6.42. The summed E-state index contributed by atoms with van der Waals surface area (Å²) in [6.45, 7) is 4.20. The van der Waals surface area contributed by atoms with Gasteiger partial charge in [-0.2, -0.15) is 4.31 Å². The van der Waals surface area contributed by atoms with Crippen LogP contribution in [0.15, 0.2) is 77.7 Å². The van der Waals surface area contributed by atoms with Crippen LogP contribution in [-0.2, 0) is 10.0 Å². The number of rotatable bonds is 7. The third kappa shape index (κ3) is 4.46. The molecule has 156 valence electrons. The molecule has 0 aliphatic rings. The zero-order chi connectivity index (χ0) is 21.7. The van der Waals surface area contributed by atoms with Gasteiger partial charge in [-0.3, -0.25) is 4.79 Å². The maximum atomic E-state index is 13.5. The first-order chi connectivity index (χ1) is 14.4. The lowest BCUT2D eigenvalue weighted by Crippen LogP contribution is -2.37. The number of aryl methyl sites for hydroxylation is 1. The van der Waals surface area contributed by atoms with Gasteiger partial charge in [-0.05, 0) is 68.4 Å². The van der Waals surface area contributed by atoms with E-state index < -0.39 is 15.9 Å². The second-order valence-electron chi connectivity index (χ2n) is 6.55. The molecule has 0 aliphatic carbocycles. The van der Waals surface area contributed by atoms with Gasteiger partial charge in [0.05, 0.1) is 24.3 Å². The second-order valence-corrected chi connectivity index (χ2v) is 8.33. The van der Waals surface area contributed by atoms with Crippen LogP contribution in [0.25, 0.3) is 0 Å². The number of benzene rings is 3. The van der Waals surface area contributed by atoms with Crippen LogP contribution in [0.4, 0.5) is 5.69 Å². The fraction of sp³-hybridized carbons (Fsp3) is 0.174. The van der Waals surface area contributed by atoms with Crippen LogP contribution in [0.2, 0.25) is 0 Å². The van der Waals surface area contributed by atoms with Crippen LogP contribution in [0, 0.1) is 6.92 Å². The fourth-order valence-corrected chi connectivity index (χ4v) is 4.31. The summed E-state index contributed by atoms with van der Waals surface area (Å²) in [5.74, 6) is 0.363. The lowest BCUT2D eigenvalue weighted by molar-refractivity contribution is 0.100. The minimum absolute atomic E-state index is 0.0261. The van der Waals surface area contributed by atoms with E-state index in [2.05, 4.69) is 0 Å². The molecular formula is C23H23NO5S.